The Hall–Kier alpha value is -1.96. The number of piperidine rings is 1. The van der Waals surface area contributed by atoms with Crippen molar-refractivity contribution in [2.45, 2.75) is 38.3 Å². The van der Waals surface area contributed by atoms with E-state index < -0.39 is 10.0 Å². The average molecular weight is 403 g/mol. The van der Waals surface area contributed by atoms with Crippen molar-refractivity contribution >= 4 is 15.8 Å². The van der Waals surface area contributed by atoms with E-state index in [9.17, 15) is 8.42 Å². The van der Waals surface area contributed by atoms with E-state index in [4.69, 9.17) is 0 Å². The zero-order chi connectivity index (χ0) is 20.1. The van der Waals surface area contributed by atoms with Gasteiger partial charge in [0.2, 0.25) is 10.0 Å². The number of pyridine rings is 1. The predicted molar refractivity (Wildman–Crippen MR) is 112 cm³/mol. The molecule has 2 N–H and O–H groups in total. The summed E-state index contributed by atoms with van der Waals surface area (Å²) in [4.78, 5) is 6.94. The summed E-state index contributed by atoms with van der Waals surface area (Å²) >= 11 is 0. The molecule has 0 spiro atoms. The molecule has 2 heterocycles. The van der Waals surface area contributed by atoms with Gasteiger partial charge in [0.15, 0.2) is 0 Å². The first kappa shape index (κ1) is 20.8. The molecule has 1 aromatic carbocycles. The van der Waals surface area contributed by atoms with Gasteiger partial charge in [-0.15, -0.1) is 0 Å². The van der Waals surface area contributed by atoms with Crippen molar-refractivity contribution in [3.8, 4) is 0 Å². The van der Waals surface area contributed by atoms with Gasteiger partial charge in [-0.1, -0.05) is 38.1 Å². The van der Waals surface area contributed by atoms with Gasteiger partial charge in [-0.2, -0.15) is 0 Å². The van der Waals surface area contributed by atoms with Crippen LogP contribution >= 0.6 is 0 Å². The Morgan fingerprint density at radius 2 is 1.75 bits per heavy atom. The molecule has 152 valence electrons. The van der Waals surface area contributed by atoms with Gasteiger partial charge in [0, 0.05) is 32.4 Å². The summed E-state index contributed by atoms with van der Waals surface area (Å²) in [5.74, 6) is 2.14. The van der Waals surface area contributed by atoms with Crippen LogP contribution in [0.4, 0.5) is 5.82 Å². The third-order valence-electron chi connectivity index (χ3n) is 5.23. The van der Waals surface area contributed by atoms with Crippen LogP contribution in [-0.4, -0.2) is 38.4 Å². The summed E-state index contributed by atoms with van der Waals surface area (Å²) in [5, 5.41) is 3.31. The molecule has 1 fully saturated rings. The van der Waals surface area contributed by atoms with Crippen LogP contribution in [-0.2, 0) is 23.1 Å². The molecule has 6 nitrogen and oxygen atoms in total. The normalized spacial score (nSPS) is 20.8. The Bertz CT molecular complexity index is 874. The lowest BCUT2D eigenvalue weighted by Crippen LogP contribution is -2.38. The summed E-state index contributed by atoms with van der Waals surface area (Å²) in [6, 6.07) is 11.7. The quantitative estimate of drug-likeness (QED) is 0.744. The Kier molecular flexibility index (Phi) is 6.69. The highest BCUT2D eigenvalue weighted by Gasteiger charge is 2.22. The monoisotopic (exact) mass is 402 g/mol. The maximum atomic E-state index is 11.8. The lowest BCUT2D eigenvalue weighted by molar-refractivity contribution is 0.134. The van der Waals surface area contributed by atoms with Gasteiger partial charge in [0.1, 0.15) is 10.7 Å². The van der Waals surface area contributed by atoms with Crippen LogP contribution in [0, 0.1) is 11.8 Å². The second-order valence-electron chi connectivity index (χ2n) is 7.85. The van der Waals surface area contributed by atoms with Crippen molar-refractivity contribution in [1.29, 1.82) is 0 Å². The number of nitrogens with one attached hydrogen (secondary N) is 2. The maximum Gasteiger partial charge on any atom is 0.241 e. The van der Waals surface area contributed by atoms with Crippen molar-refractivity contribution in [3.63, 3.8) is 0 Å². The van der Waals surface area contributed by atoms with Crippen LogP contribution in [0.25, 0.3) is 0 Å². The number of nitrogens with zero attached hydrogens (tertiary/aromatic N) is 2. The Balaban J connectivity index is 1.65. The zero-order valence-electron chi connectivity index (χ0n) is 16.9. The SMILES string of the molecule is CNS(=O)(=O)c1ccc(NCc2ccccc2CN2CC(C)CC(C)C2)nc1. The average Bonchev–Trinajstić information content (AvgIpc) is 2.67. The number of hydrogen-bond acceptors (Lipinski definition) is 5. The molecule has 1 aliphatic heterocycles. The van der Waals surface area contributed by atoms with Crippen molar-refractivity contribution < 1.29 is 8.42 Å². The third kappa shape index (κ3) is 5.31. The second kappa shape index (κ2) is 9.03. The Labute approximate surface area is 168 Å². The minimum absolute atomic E-state index is 0.161. The number of hydrogen-bond donors (Lipinski definition) is 2. The molecule has 1 aromatic heterocycles. The molecule has 0 saturated carbocycles. The number of sulfonamides is 1. The molecule has 3 rings (SSSR count). The molecule has 2 unspecified atom stereocenters. The van der Waals surface area contributed by atoms with E-state index in [1.807, 2.05) is 0 Å². The molecule has 0 radical (unpaired) electrons. The standard InChI is InChI=1S/C21H30N4O2S/c1-16-10-17(2)14-25(13-16)15-19-7-5-4-6-18(19)11-23-21-9-8-20(12-24-21)28(26,27)22-3/h4-9,12,16-17,22H,10-11,13-15H2,1-3H3,(H,23,24). The fourth-order valence-electron chi connectivity index (χ4n) is 3.99. The van der Waals surface area contributed by atoms with Crippen LogP contribution in [0.2, 0.25) is 0 Å². The maximum absolute atomic E-state index is 11.8. The highest BCUT2D eigenvalue weighted by Crippen LogP contribution is 2.23. The number of rotatable bonds is 7. The molecule has 2 atom stereocenters. The molecular weight excluding hydrogens is 372 g/mol. The highest BCUT2D eigenvalue weighted by molar-refractivity contribution is 7.89. The first-order chi connectivity index (χ1) is 13.4. The molecule has 2 aromatic rings. The summed E-state index contributed by atoms with van der Waals surface area (Å²) in [6.07, 6.45) is 2.68. The van der Waals surface area contributed by atoms with Gasteiger partial charge in [-0.05, 0) is 48.6 Å². The van der Waals surface area contributed by atoms with Crippen molar-refractivity contribution in [3.05, 3.63) is 53.7 Å². The minimum Gasteiger partial charge on any atom is -0.366 e. The van der Waals surface area contributed by atoms with Gasteiger partial charge < -0.3 is 5.32 Å². The van der Waals surface area contributed by atoms with Crippen molar-refractivity contribution in [1.82, 2.24) is 14.6 Å². The van der Waals surface area contributed by atoms with E-state index in [0.29, 0.717) is 12.4 Å². The topological polar surface area (TPSA) is 74.3 Å². The molecule has 7 heteroatoms. The predicted octanol–water partition coefficient (Wildman–Crippen LogP) is 3.08. The van der Waals surface area contributed by atoms with Gasteiger partial charge >= 0.3 is 0 Å². The summed E-state index contributed by atoms with van der Waals surface area (Å²) in [5.41, 5.74) is 2.56. The van der Waals surface area contributed by atoms with Crippen molar-refractivity contribution in [2.75, 3.05) is 25.5 Å². The van der Waals surface area contributed by atoms with Crippen LogP contribution in [0.3, 0.4) is 0 Å². The lowest BCUT2D eigenvalue weighted by Gasteiger charge is -2.35. The summed E-state index contributed by atoms with van der Waals surface area (Å²) in [6.45, 7) is 8.57. The van der Waals surface area contributed by atoms with Gasteiger partial charge in [0.25, 0.3) is 0 Å². The number of aromatic nitrogens is 1. The van der Waals surface area contributed by atoms with E-state index in [2.05, 4.69) is 58.0 Å². The fraction of sp³-hybridized carbons (Fsp3) is 0.476. The lowest BCUT2D eigenvalue weighted by atomic mass is 9.91. The second-order valence-corrected chi connectivity index (χ2v) is 9.74. The fourth-order valence-corrected chi connectivity index (χ4v) is 4.67. The molecule has 0 aliphatic carbocycles. The zero-order valence-corrected chi connectivity index (χ0v) is 17.7. The Morgan fingerprint density at radius 3 is 2.36 bits per heavy atom. The molecule has 28 heavy (non-hydrogen) atoms. The largest absolute Gasteiger partial charge is 0.366 e. The summed E-state index contributed by atoms with van der Waals surface area (Å²) < 4.78 is 25.9. The molecule has 0 amide bonds. The third-order valence-corrected chi connectivity index (χ3v) is 6.63. The van der Waals surface area contributed by atoms with E-state index in [-0.39, 0.29) is 4.90 Å². The van der Waals surface area contributed by atoms with E-state index >= 15 is 0 Å². The number of likely N-dealkylation sites (tertiary alicyclic amines) is 1. The van der Waals surface area contributed by atoms with Crippen LogP contribution in [0.15, 0.2) is 47.5 Å². The van der Waals surface area contributed by atoms with E-state index in [0.717, 1.165) is 31.5 Å². The smallest absolute Gasteiger partial charge is 0.241 e. The summed E-state index contributed by atoms with van der Waals surface area (Å²) in [7, 11) is -2.07. The van der Waals surface area contributed by atoms with Crippen LogP contribution in [0.5, 0.6) is 0 Å². The van der Waals surface area contributed by atoms with Gasteiger partial charge in [0.05, 0.1) is 0 Å². The van der Waals surface area contributed by atoms with E-state index in [1.54, 1.807) is 12.1 Å². The minimum atomic E-state index is -3.46. The van der Waals surface area contributed by atoms with E-state index in [1.165, 1.54) is 30.8 Å². The van der Waals surface area contributed by atoms with Crippen LogP contribution in [0.1, 0.15) is 31.4 Å². The highest BCUT2D eigenvalue weighted by atomic mass is 32.2. The van der Waals surface area contributed by atoms with Gasteiger partial charge in [-0.3, -0.25) is 4.90 Å². The number of benzene rings is 1. The number of anilines is 1. The van der Waals surface area contributed by atoms with Crippen molar-refractivity contribution in [2.24, 2.45) is 11.8 Å². The molecule has 1 aliphatic rings. The van der Waals surface area contributed by atoms with Crippen LogP contribution < -0.4 is 10.0 Å². The molecule has 0 bridgehead atoms. The first-order valence-electron chi connectivity index (χ1n) is 9.80. The molecular formula is C21H30N4O2S. The molecule has 1 saturated heterocycles. The first-order valence-corrected chi connectivity index (χ1v) is 11.3. The van der Waals surface area contributed by atoms with Gasteiger partial charge in [-0.25, -0.2) is 18.1 Å². The Morgan fingerprint density at radius 1 is 1.07 bits per heavy atom.